The van der Waals surface area contributed by atoms with Crippen LogP contribution in [0.3, 0.4) is 0 Å². The Balaban J connectivity index is 1.94. The summed E-state index contributed by atoms with van der Waals surface area (Å²) in [5.74, 6) is -3.09. The van der Waals surface area contributed by atoms with Crippen LogP contribution in [0, 0.1) is 11.6 Å². The minimum atomic E-state index is -3.89. The molecule has 3 aromatic carbocycles. The number of hydrogen-bond donors (Lipinski definition) is 1. The zero-order valence-corrected chi connectivity index (χ0v) is 26.5. The lowest BCUT2D eigenvalue weighted by molar-refractivity contribution is -0.141. The summed E-state index contributed by atoms with van der Waals surface area (Å²) in [5, 5.41) is 3.63. The van der Waals surface area contributed by atoms with Gasteiger partial charge in [0.05, 0.1) is 11.9 Å². The summed E-state index contributed by atoms with van der Waals surface area (Å²) < 4.78 is 53.3. The number of anilines is 1. The Hall–Kier alpha value is -3.21. The third-order valence-corrected chi connectivity index (χ3v) is 8.91. The molecule has 2 amide bonds. The van der Waals surface area contributed by atoms with Crippen molar-refractivity contribution in [3.63, 3.8) is 0 Å². The van der Waals surface area contributed by atoms with Crippen LogP contribution in [0.25, 0.3) is 0 Å². The van der Waals surface area contributed by atoms with Crippen molar-refractivity contribution >= 4 is 50.7 Å². The van der Waals surface area contributed by atoms with Gasteiger partial charge in [0.25, 0.3) is 0 Å². The van der Waals surface area contributed by atoms with Gasteiger partial charge in [0.1, 0.15) is 6.04 Å². The first-order chi connectivity index (χ1) is 20.3. The molecule has 0 spiro atoms. The summed E-state index contributed by atoms with van der Waals surface area (Å²) in [5.41, 5.74) is 1.23. The summed E-state index contributed by atoms with van der Waals surface area (Å²) >= 11 is 12.9. The van der Waals surface area contributed by atoms with E-state index in [-0.39, 0.29) is 50.0 Å². The number of nitrogens with zero attached hydrogens (tertiary/aromatic N) is 2. The van der Waals surface area contributed by atoms with Gasteiger partial charge in [-0.3, -0.25) is 13.9 Å². The molecule has 0 bridgehead atoms. The highest BCUT2D eigenvalue weighted by molar-refractivity contribution is 7.92. The van der Waals surface area contributed by atoms with Crippen molar-refractivity contribution < 1.29 is 26.8 Å². The second-order valence-electron chi connectivity index (χ2n) is 10.3. The Morgan fingerprint density at radius 2 is 1.60 bits per heavy atom. The molecule has 0 fully saturated rings. The predicted octanol–water partition coefficient (Wildman–Crippen LogP) is 6.37. The quantitative estimate of drug-likeness (QED) is 0.219. The molecule has 2 atom stereocenters. The van der Waals surface area contributed by atoms with E-state index in [0.717, 1.165) is 34.3 Å². The summed E-state index contributed by atoms with van der Waals surface area (Å²) in [4.78, 5) is 29.0. The van der Waals surface area contributed by atoms with E-state index in [0.29, 0.717) is 22.0 Å². The maximum atomic E-state index is 13.9. The summed E-state index contributed by atoms with van der Waals surface area (Å²) in [6.45, 7) is 3.55. The van der Waals surface area contributed by atoms with Crippen LogP contribution < -0.4 is 9.62 Å². The third-order valence-electron chi connectivity index (χ3n) is 7.01. The van der Waals surface area contributed by atoms with Gasteiger partial charge in [-0.1, -0.05) is 66.5 Å². The molecule has 7 nitrogen and oxygen atoms in total. The molecule has 0 radical (unpaired) electrons. The Bertz CT molecular complexity index is 1510. The molecule has 0 saturated carbocycles. The monoisotopic (exact) mass is 653 g/mol. The lowest BCUT2D eigenvalue weighted by atomic mass is 10.0. The molecule has 0 aliphatic carbocycles. The molecular formula is C31H35Cl2F2N3O4S. The fourth-order valence-corrected chi connectivity index (χ4v) is 5.97. The minimum absolute atomic E-state index is 0.0304. The van der Waals surface area contributed by atoms with Gasteiger partial charge >= 0.3 is 0 Å². The molecule has 0 unspecified atom stereocenters. The van der Waals surface area contributed by atoms with Gasteiger partial charge in [0.15, 0.2) is 11.6 Å². The number of rotatable bonds is 14. The van der Waals surface area contributed by atoms with Crippen molar-refractivity contribution in [3.05, 3.63) is 99.5 Å². The molecule has 12 heteroatoms. The predicted molar refractivity (Wildman–Crippen MR) is 167 cm³/mol. The smallest absolute Gasteiger partial charge is 0.243 e. The van der Waals surface area contributed by atoms with Crippen LogP contribution in [0.5, 0.6) is 0 Å². The molecule has 3 aromatic rings. The number of benzene rings is 3. The van der Waals surface area contributed by atoms with Gasteiger partial charge in [0.2, 0.25) is 21.8 Å². The lowest BCUT2D eigenvalue weighted by Gasteiger charge is -2.33. The standard InChI is InChI=1S/C31H35Cl2F2N3O4S/c1-4-21(2)36-31(40)29(18-22-10-6-5-7-11-22)37(20-24-25(32)12-8-13-26(24)33)30(39)14-9-17-38(43(3,41)42)23-15-16-27(34)28(35)19-23/h5-8,10-13,15-16,19,21,29H,4,9,14,17-18,20H2,1-3H3,(H,36,40)/t21-,29+/m0/s1. The fraction of sp³-hybridized carbons (Fsp3) is 0.355. The number of carbonyl (C=O) groups is 2. The average molecular weight is 655 g/mol. The van der Waals surface area contributed by atoms with Gasteiger partial charge in [0, 0.05) is 53.6 Å². The molecule has 0 saturated heterocycles. The number of sulfonamides is 1. The normalized spacial score (nSPS) is 12.8. The van der Waals surface area contributed by atoms with E-state index in [2.05, 4.69) is 5.32 Å². The average Bonchev–Trinajstić information content (AvgIpc) is 2.95. The Morgan fingerprint density at radius 3 is 2.19 bits per heavy atom. The first kappa shape index (κ1) is 34.3. The Kier molecular flexibility index (Phi) is 12.4. The molecule has 0 aliphatic heterocycles. The van der Waals surface area contributed by atoms with Gasteiger partial charge in [-0.15, -0.1) is 0 Å². The number of halogens is 4. The molecule has 3 rings (SSSR count). The van der Waals surface area contributed by atoms with Crippen molar-refractivity contribution in [2.75, 3.05) is 17.1 Å². The van der Waals surface area contributed by atoms with Crippen molar-refractivity contribution in [2.45, 2.75) is 58.2 Å². The number of amides is 2. The maximum absolute atomic E-state index is 13.9. The van der Waals surface area contributed by atoms with Gasteiger partial charge in [-0.2, -0.15) is 0 Å². The third kappa shape index (κ3) is 9.64. The fourth-order valence-electron chi connectivity index (χ4n) is 4.49. The number of hydrogen-bond acceptors (Lipinski definition) is 4. The number of nitrogens with one attached hydrogen (secondary N) is 1. The van der Waals surface area contributed by atoms with Gasteiger partial charge in [-0.05, 0) is 49.6 Å². The molecule has 232 valence electrons. The van der Waals surface area contributed by atoms with E-state index in [4.69, 9.17) is 23.2 Å². The summed E-state index contributed by atoms with van der Waals surface area (Å²) in [6.07, 6.45) is 1.71. The van der Waals surface area contributed by atoms with Crippen LogP contribution in [0.1, 0.15) is 44.2 Å². The van der Waals surface area contributed by atoms with Crippen LogP contribution >= 0.6 is 23.2 Å². The molecule has 0 heterocycles. The minimum Gasteiger partial charge on any atom is -0.352 e. The van der Waals surface area contributed by atoms with E-state index < -0.39 is 33.6 Å². The first-order valence-corrected chi connectivity index (χ1v) is 16.4. The molecule has 1 N–H and O–H groups in total. The largest absolute Gasteiger partial charge is 0.352 e. The van der Waals surface area contributed by atoms with Crippen LogP contribution in [-0.2, 0) is 32.6 Å². The first-order valence-electron chi connectivity index (χ1n) is 13.8. The highest BCUT2D eigenvalue weighted by Gasteiger charge is 2.32. The number of carbonyl (C=O) groups excluding carboxylic acids is 2. The summed E-state index contributed by atoms with van der Waals surface area (Å²) in [6, 6.07) is 15.9. The second kappa shape index (κ2) is 15.5. The van der Waals surface area contributed by atoms with Crippen LogP contribution in [-0.4, -0.2) is 50.0 Å². The van der Waals surface area contributed by atoms with Crippen molar-refractivity contribution in [2.24, 2.45) is 0 Å². The van der Waals surface area contributed by atoms with Crippen molar-refractivity contribution in [1.29, 1.82) is 0 Å². The van der Waals surface area contributed by atoms with Crippen LogP contribution in [0.2, 0.25) is 10.0 Å². The van der Waals surface area contributed by atoms with E-state index in [1.165, 1.54) is 4.90 Å². The molecule has 0 aliphatic rings. The zero-order valence-electron chi connectivity index (χ0n) is 24.2. The van der Waals surface area contributed by atoms with Crippen molar-refractivity contribution in [3.8, 4) is 0 Å². The van der Waals surface area contributed by atoms with Crippen LogP contribution in [0.15, 0.2) is 66.7 Å². The van der Waals surface area contributed by atoms with Crippen molar-refractivity contribution in [1.82, 2.24) is 10.2 Å². The van der Waals surface area contributed by atoms with E-state index in [1.807, 2.05) is 44.2 Å². The lowest BCUT2D eigenvalue weighted by Crippen LogP contribution is -2.52. The zero-order chi connectivity index (χ0) is 31.7. The molecule has 0 aromatic heterocycles. The Morgan fingerprint density at radius 1 is 0.953 bits per heavy atom. The highest BCUT2D eigenvalue weighted by atomic mass is 35.5. The molecule has 43 heavy (non-hydrogen) atoms. The SMILES string of the molecule is CC[C@H](C)NC(=O)[C@@H](Cc1ccccc1)N(Cc1c(Cl)cccc1Cl)C(=O)CCCN(c1ccc(F)c(F)c1)S(C)(=O)=O. The topological polar surface area (TPSA) is 86.8 Å². The van der Waals surface area contributed by atoms with E-state index in [9.17, 15) is 26.8 Å². The van der Waals surface area contributed by atoms with Gasteiger partial charge < -0.3 is 10.2 Å². The maximum Gasteiger partial charge on any atom is 0.243 e. The highest BCUT2D eigenvalue weighted by Crippen LogP contribution is 2.28. The van der Waals surface area contributed by atoms with E-state index in [1.54, 1.807) is 18.2 Å². The van der Waals surface area contributed by atoms with E-state index >= 15 is 0 Å². The Labute approximate surface area is 261 Å². The summed E-state index contributed by atoms with van der Waals surface area (Å²) in [7, 11) is -3.89. The van der Waals surface area contributed by atoms with Gasteiger partial charge in [-0.25, -0.2) is 17.2 Å². The second-order valence-corrected chi connectivity index (χ2v) is 13.0. The van der Waals surface area contributed by atoms with Crippen LogP contribution in [0.4, 0.5) is 14.5 Å². The molecular weight excluding hydrogens is 619 g/mol.